The Morgan fingerprint density at radius 1 is 1.12 bits per heavy atom. The summed E-state index contributed by atoms with van der Waals surface area (Å²) in [4.78, 5) is 26.5. The minimum absolute atomic E-state index is 0.0214. The van der Waals surface area contributed by atoms with Crippen molar-refractivity contribution in [2.45, 2.75) is 51.1 Å². The summed E-state index contributed by atoms with van der Waals surface area (Å²) in [6.07, 6.45) is 7.00. The summed E-state index contributed by atoms with van der Waals surface area (Å²) in [6, 6.07) is 10.3. The molecule has 0 radical (unpaired) electrons. The molecule has 0 spiro atoms. The van der Waals surface area contributed by atoms with E-state index in [2.05, 4.69) is 20.9 Å². The number of hydrogen-bond donors (Lipinski definition) is 2. The number of aryl methyl sites for hydroxylation is 2. The van der Waals surface area contributed by atoms with Crippen molar-refractivity contribution in [3.63, 3.8) is 0 Å². The molecule has 1 aliphatic carbocycles. The minimum Gasteiger partial charge on any atom is -0.344 e. The summed E-state index contributed by atoms with van der Waals surface area (Å²) in [6.45, 7) is 1.69. The Kier molecular flexibility index (Phi) is 3.89. The number of para-hydroxylation sites is 1. The minimum atomic E-state index is 0.0214. The van der Waals surface area contributed by atoms with Gasteiger partial charge in [-0.3, -0.25) is 9.69 Å². The first-order chi connectivity index (χ1) is 12.8. The molecule has 1 saturated heterocycles. The Hall–Kier alpha value is -2.40. The molecule has 5 heteroatoms. The van der Waals surface area contributed by atoms with Crippen LogP contribution in [0.1, 0.15) is 54.5 Å². The fraction of sp³-hybridized carbons (Fsp3) is 0.429. The number of imidazole rings is 1. The Labute approximate surface area is 152 Å². The lowest BCUT2D eigenvalue weighted by Gasteiger charge is -2.22. The molecule has 0 saturated carbocycles. The topological polar surface area (TPSA) is 64.8 Å². The lowest BCUT2D eigenvalue weighted by Crippen LogP contribution is -2.27. The molecule has 2 aliphatic rings. The number of aromatic amines is 2. The van der Waals surface area contributed by atoms with Crippen LogP contribution in [0.2, 0.25) is 0 Å². The van der Waals surface area contributed by atoms with Crippen molar-refractivity contribution in [3.8, 4) is 0 Å². The maximum absolute atomic E-state index is 12.5. The zero-order valence-corrected chi connectivity index (χ0v) is 14.9. The van der Waals surface area contributed by atoms with E-state index >= 15 is 0 Å². The first kappa shape index (κ1) is 15.8. The van der Waals surface area contributed by atoms with Gasteiger partial charge in [-0.05, 0) is 62.6 Å². The lowest BCUT2D eigenvalue weighted by molar-refractivity contribution is 0.240. The number of aromatic nitrogens is 3. The van der Waals surface area contributed by atoms with Crippen molar-refractivity contribution in [2.24, 2.45) is 0 Å². The van der Waals surface area contributed by atoms with Crippen molar-refractivity contribution in [1.82, 2.24) is 19.9 Å². The fourth-order valence-corrected chi connectivity index (χ4v) is 4.49. The van der Waals surface area contributed by atoms with E-state index < -0.39 is 0 Å². The Morgan fingerprint density at radius 3 is 2.92 bits per heavy atom. The number of benzene rings is 1. The summed E-state index contributed by atoms with van der Waals surface area (Å²) in [5, 5.41) is 1.09. The van der Waals surface area contributed by atoms with Crippen molar-refractivity contribution in [3.05, 3.63) is 63.5 Å². The number of nitrogens with one attached hydrogen (secondary N) is 2. The standard InChI is InChI=1S/C21H24N4O/c26-21-15(12-14-6-1-2-7-16(14)24-21)13-25-11-5-10-19(25)20-22-17-8-3-4-9-18(17)23-20/h1-2,6-7,12,19H,3-5,8-11,13H2,(H,22,23)(H,24,26)/t19-/m1/s1. The van der Waals surface area contributed by atoms with Crippen LogP contribution in [0.4, 0.5) is 0 Å². The second-order valence-electron chi connectivity index (χ2n) is 7.59. The average Bonchev–Trinajstić information content (AvgIpc) is 3.28. The molecule has 1 fully saturated rings. The van der Waals surface area contributed by atoms with Gasteiger partial charge in [0.25, 0.3) is 5.56 Å². The van der Waals surface area contributed by atoms with E-state index in [0.29, 0.717) is 12.6 Å². The zero-order valence-electron chi connectivity index (χ0n) is 14.9. The number of fused-ring (bicyclic) bond motifs is 2. The lowest BCUT2D eigenvalue weighted by atomic mass is 10.0. The predicted molar refractivity (Wildman–Crippen MR) is 102 cm³/mol. The van der Waals surface area contributed by atoms with Crippen LogP contribution in [-0.2, 0) is 19.4 Å². The Morgan fingerprint density at radius 2 is 2.00 bits per heavy atom. The van der Waals surface area contributed by atoms with Gasteiger partial charge in [0, 0.05) is 23.3 Å². The molecule has 1 aromatic carbocycles. The molecule has 0 unspecified atom stereocenters. The zero-order chi connectivity index (χ0) is 17.5. The molecule has 2 aromatic heterocycles. The van der Waals surface area contributed by atoms with Crippen molar-refractivity contribution in [1.29, 1.82) is 0 Å². The van der Waals surface area contributed by atoms with Crippen LogP contribution in [-0.4, -0.2) is 26.4 Å². The van der Waals surface area contributed by atoms with E-state index in [1.807, 2.05) is 24.3 Å². The summed E-state index contributed by atoms with van der Waals surface area (Å²) >= 11 is 0. The highest BCUT2D eigenvalue weighted by atomic mass is 16.1. The molecule has 0 bridgehead atoms. The fourth-order valence-electron chi connectivity index (χ4n) is 4.49. The number of pyridine rings is 1. The number of rotatable bonds is 3. The van der Waals surface area contributed by atoms with Gasteiger partial charge in [-0.1, -0.05) is 18.2 Å². The second-order valence-corrected chi connectivity index (χ2v) is 7.59. The van der Waals surface area contributed by atoms with Crippen LogP contribution < -0.4 is 5.56 Å². The third-order valence-corrected chi connectivity index (χ3v) is 5.86. The number of hydrogen-bond acceptors (Lipinski definition) is 3. The monoisotopic (exact) mass is 348 g/mol. The van der Waals surface area contributed by atoms with Crippen LogP contribution in [0.3, 0.4) is 0 Å². The molecule has 3 aromatic rings. The van der Waals surface area contributed by atoms with Crippen LogP contribution in [0.5, 0.6) is 0 Å². The molecule has 0 amide bonds. The number of likely N-dealkylation sites (tertiary alicyclic amines) is 1. The first-order valence-electron chi connectivity index (χ1n) is 9.70. The quantitative estimate of drug-likeness (QED) is 0.762. The molecular weight excluding hydrogens is 324 g/mol. The normalized spacial score (nSPS) is 20.5. The highest BCUT2D eigenvalue weighted by Crippen LogP contribution is 2.33. The largest absolute Gasteiger partial charge is 0.344 e. The van der Waals surface area contributed by atoms with Crippen LogP contribution in [0, 0.1) is 0 Å². The molecule has 134 valence electrons. The van der Waals surface area contributed by atoms with E-state index in [1.165, 1.54) is 24.2 Å². The van der Waals surface area contributed by atoms with Gasteiger partial charge >= 0.3 is 0 Å². The molecule has 5 rings (SSSR count). The summed E-state index contributed by atoms with van der Waals surface area (Å²) in [5.41, 5.74) is 4.36. The molecule has 2 N–H and O–H groups in total. The van der Waals surface area contributed by atoms with Gasteiger partial charge in [0.05, 0.1) is 11.7 Å². The Balaban J connectivity index is 1.43. The number of nitrogens with zero attached hydrogens (tertiary/aromatic N) is 2. The van der Waals surface area contributed by atoms with Crippen molar-refractivity contribution in [2.75, 3.05) is 6.54 Å². The third-order valence-electron chi connectivity index (χ3n) is 5.86. The van der Waals surface area contributed by atoms with E-state index in [9.17, 15) is 4.79 Å². The molecule has 3 heterocycles. The van der Waals surface area contributed by atoms with Crippen molar-refractivity contribution >= 4 is 10.9 Å². The predicted octanol–water partition coefficient (Wildman–Crippen LogP) is 3.47. The molecule has 5 nitrogen and oxygen atoms in total. The molecule has 1 atom stereocenters. The third kappa shape index (κ3) is 2.76. The maximum atomic E-state index is 12.5. The van der Waals surface area contributed by atoms with Gasteiger partial charge in [-0.2, -0.15) is 0 Å². The summed E-state index contributed by atoms with van der Waals surface area (Å²) in [5.74, 6) is 1.10. The van der Waals surface area contributed by atoms with Crippen LogP contribution in [0.15, 0.2) is 35.1 Å². The van der Waals surface area contributed by atoms with Crippen molar-refractivity contribution < 1.29 is 0 Å². The summed E-state index contributed by atoms with van der Waals surface area (Å²) < 4.78 is 0. The smallest absolute Gasteiger partial charge is 0.252 e. The van der Waals surface area contributed by atoms with Gasteiger partial charge in [0.1, 0.15) is 5.82 Å². The van der Waals surface area contributed by atoms with E-state index in [-0.39, 0.29) is 5.56 Å². The van der Waals surface area contributed by atoms with Gasteiger partial charge < -0.3 is 9.97 Å². The first-order valence-corrected chi connectivity index (χ1v) is 9.70. The van der Waals surface area contributed by atoms with E-state index in [1.54, 1.807) is 0 Å². The van der Waals surface area contributed by atoms with Crippen LogP contribution >= 0.6 is 0 Å². The van der Waals surface area contributed by atoms with Gasteiger partial charge in [0.2, 0.25) is 0 Å². The Bertz CT molecular complexity index is 979. The molecule has 26 heavy (non-hydrogen) atoms. The van der Waals surface area contributed by atoms with Crippen LogP contribution in [0.25, 0.3) is 10.9 Å². The maximum Gasteiger partial charge on any atom is 0.252 e. The van der Waals surface area contributed by atoms with Gasteiger partial charge in [-0.25, -0.2) is 4.98 Å². The SMILES string of the molecule is O=c1[nH]c2ccccc2cc1CN1CCC[C@@H]1c1nc2c([nH]1)CCCC2. The van der Waals surface area contributed by atoms with E-state index in [4.69, 9.17) is 4.98 Å². The highest BCUT2D eigenvalue weighted by molar-refractivity contribution is 5.78. The summed E-state index contributed by atoms with van der Waals surface area (Å²) in [7, 11) is 0. The second kappa shape index (κ2) is 6.40. The van der Waals surface area contributed by atoms with E-state index in [0.717, 1.165) is 54.5 Å². The highest BCUT2D eigenvalue weighted by Gasteiger charge is 2.30. The van der Waals surface area contributed by atoms with Gasteiger partial charge in [0.15, 0.2) is 0 Å². The average molecular weight is 348 g/mol. The van der Waals surface area contributed by atoms with Gasteiger partial charge in [-0.15, -0.1) is 0 Å². The molecular formula is C21H24N4O. The molecule has 1 aliphatic heterocycles. The number of H-pyrrole nitrogens is 2.